The zero-order valence-electron chi connectivity index (χ0n) is 28.7. The first-order valence-electron chi connectivity index (χ1n) is 16.4. The summed E-state index contributed by atoms with van der Waals surface area (Å²) in [6, 6.07) is 18.0. The van der Waals surface area contributed by atoms with Crippen LogP contribution >= 0.6 is 0 Å². The highest BCUT2D eigenvalue weighted by atomic mass is 19.1. The molecule has 0 radical (unpaired) electrons. The van der Waals surface area contributed by atoms with Crippen molar-refractivity contribution in [2.75, 3.05) is 62.1 Å². The van der Waals surface area contributed by atoms with Gasteiger partial charge in [-0.3, -0.25) is 4.79 Å². The maximum Gasteiger partial charge on any atom is 0.425 e. The second kappa shape index (κ2) is 16.4. The van der Waals surface area contributed by atoms with Gasteiger partial charge in [0, 0.05) is 57.6 Å². The van der Waals surface area contributed by atoms with Crippen LogP contribution in [0.5, 0.6) is 5.75 Å². The summed E-state index contributed by atoms with van der Waals surface area (Å²) in [5.41, 5.74) is 4.25. The van der Waals surface area contributed by atoms with Gasteiger partial charge in [0.1, 0.15) is 23.7 Å². The molecule has 2 N–H and O–H groups in total. The highest BCUT2D eigenvalue weighted by Gasteiger charge is 2.28. The maximum absolute atomic E-state index is 15.8. The van der Waals surface area contributed by atoms with Gasteiger partial charge in [0.25, 0.3) is 0 Å². The van der Waals surface area contributed by atoms with Crippen molar-refractivity contribution in [1.82, 2.24) is 20.2 Å². The molecule has 3 aromatic carbocycles. The van der Waals surface area contributed by atoms with Crippen LogP contribution < -0.4 is 25.2 Å². The monoisotopic (exact) mass is 669 g/mol. The van der Waals surface area contributed by atoms with Crippen LogP contribution in [0.25, 0.3) is 0 Å². The van der Waals surface area contributed by atoms with Gasteiger partial charge in [0.05, 0.1) is 23.7 Å². The zero-order valence-corrected chi connectivity index (χ0v) is 28.7. The summed E-state index contributed by atoms with van der Waals surface area (Å²) in [7, 11) is 3.65. The number of hydrogen-bond acceptors (Lipinski definition) is 9. The van der Waals surface area contributed by atoms with Crippen LogP contribution in [0.2, 0.25) is 0 Å². The van der Waals surface area contributed by atoms with Crippen molar-refractivity contribution in [1.29, 1.82) is 0 Å². The van der Waals surface area contributed by atoms with Gasteiger partial charge in [0.15, 0.2) is 0 Å². The predicted octanol–water partition coefficient (Wildman–Crippen LogP) is 6.15. The van der Waals surface area contributed by atoms with Gasteiger partial charge in [0.2, 0.25) is 5.91 Å². The van der Waals surface area contributed by atoms with Crippen molar-refractivity contribution in [3.05, 3.63) is 95.7 Å². The molecule has 4 aromatic rings. The number of benzene rings is 3. The number of hydrogen-bond donors (Lipinski definition) is 2. The molecule has 0 saturated carbocycles. The molecule has 0 bridgehead atoms. The summed E-state index contributed by atoms with van der Waals surface area (Å²) in [6.45, 7) is 8.95. The van der Waals surface area contributed by atoms with Gasteiger partial charge in [-0.15, -0.1) is 0 Å². The van der Waals surface area contributed by atoms with E-state index in [-0.39, 0.29) is 24.0 Å². The van der Waals surface area contributed by atoms with Gasteiger partial charge < -0.3 is 29.9 Å². The van der Waals surface area contributed by atoms with Gasteiger partial charge in [-0.05, 0) is 81.3 Å². The number of aromatic nitrogens is 2. The van der Waals surface area contributed by atoms with Crippen molar-refractivity contribution in [3.63, 3.8) is 0 Å². The van der Waals surface area contributed by atoms with Crippen molar-refractivity contribution >= 4 is 40.6 Å². The number of methoxy groups -OCH3 is 1. The number of halogens is 1. The molecule has 0 spiro atoms. The first-order chi connectivity index (χ1) is 23.7. The minimum Gasteiger partial charge on any atom is -0.409 e. The van der Waals surface area contributed by atoms with E-state index in [1.165, 1.54) is 23.5 Å². The summed E-state index contributed by atoms with van der Waals surface area (Å²) in [5.74, 6) is 0.211. The first kappa shape index (κ1) is 35.2. The summed E-state index contributed by atoms with van der Waals surface area (Å²) < 4.78 is 26.8. The van der Waals surface area contributed by atoms with E-state index in [9.17, 15) is 9.59 Å². The van der Waals surface area contributed by atoms with Gasteiger partial charge >= 0.3 is 6.09 Å². The highest BCUT2D eigenvalue weighted by molar-refractivity contribution is 6.01. The van der Waals surface area contributed by atoms with E-state index in [2.05, 4.69) is 44.4 Å². The zero-order chi connectivity index (χ0) is 34.9. The van der Waals surface area contributed by atoms with E-state index < -0.39 is 6.09 Å². The summed E-state index contributed by atoms with van der Waals surface area (Å²) in [6.07, 6.45) is 2.70. The minimum absolute atomic E-state index is 0.146. The van der Waals surface area contributed by atoms with Crippen LogP contribution in [0.4, 0.5) is 37.8 Å². The van der Waals surface area contributed by atoms with E-state index in [0.29, 0.717) is 54.1 Å². The number of piperazine rings is 1. The minimum atomic E-state index is -0.695. The molecule has 0 aliphatic carbocycles. The topological polar surface area (TPSA) is 112 Å². The number of amides is 2. The lowest BCUT2D eigenvalue weighted by molar-refractivity contribution is -0.121. The summed E-state index contributed by atoms with van der Waals surface area (Å²) in [5, 5.41) is 6.23. The van der Waals surface area contributed by atoms with Gasteiger partial charge in [-0.25, -0.2) is 24.1 Å². The molecule has 49 heavy (non-hydrogen) atoms. The molecule has 2 amide bonds. The standard InChI is InChI=1S/C37H44FN7O4/c1-25-8-6-9-26(2)36(25)49-37(47)45(33-16-17-39-24-41-33)32-11-7-10-28(12-15-34(46)40-18-21-48-5)35(32)42-29-13-14-31(30(38)22-29)44-20-19-43(4)27(3)23-44/h6-11,13-14,16-17,22,24,27,42H,12,15,18-21,23H2,1-5H3,(H,40,46). The molecular weight excluding hydrogens is 625 g/mol. The van der Waals surface area contributed by atoms with Crippen LogP contribution in [0, 0.1) is 19.7 Å². The van der Waals surface area contributed by atoms with E-state index in [1.54, 1.807) is 31.4 Å². The van der Waals surface area contributed by atoms with Crippen LogP contribution in [0.3, 0.4) is 0 Å². The molecule has 1 aromatic heterocycles. The average Bonchev–Trinajstić information content (AvgIpc) is 3.08. The number of nitrogens with zero attached hydrogens (tertiary/aromatic N) is 5. The molecule has 2 heterocycles. The molecule has 1 saturated heterocycles. The Hall–Kier alpha value is -5.07. The quantitative estimate of drug-likeness (QED) is 0.172. The van der Waals surface area contributed by atoms with Crippen molar-refractivity contribution in [2.45, 2.75) is 39.7 Å². The third kappa shape index (κ3) is 8.70. The number of nitrogens with one attached hydrogen (secondary N) is 2. The van der Waals surface area contributed by atoms with Crippen molar-refractivity contribution in [2.24, 2.45) is 0 Å². The van der Waals surface area contributed by atoms with E-state index >= 15 is 4.39 Å². The lowest BCUT2D eigenvalue weighted by Gasteiger charge is -2.39. The number of anilines is 5. The number of rotatable bonds is 12. The SMILES string of the molecule is COCCNC(=O)CCc1cccc(N(C(=O)Oc2c(C)cccc2C)c2ccncn2)c1Nc1ccc(N2CCN(C)C(C)C2)c(F)c1. The third-order valence-corrected chi connectivity index (χ3v) is 8.71. The molecule has 1 unspecified atom stereocenters. The Morgan fingerprint density at radius 2 is 1.84 bits per heavy atom. The molecule has 1 fully saturated rings. The Kier molecular flexibility index (Phi) is 11.8. The van der Waals surface area contributed by atoms with Crippen LogP contribution in [-0.2, 0) is 16.0 Å². The molecule has 12 heteroatoms. The van der Waals surface area contributed by atoms with Crippen molar-refractivity contribution < 1.29 is 23.5 Å². The van der Waals surface area contributed by atoms with E-state index in [1.807, 2.05) is 44.2 Å². The van der Waals surface area contributed by atoms with Gasteiger partial charge in [-0.2, -0.15) is 0 Å². The molecule has 1 atom stereocenters. The van der Waals surface area contributed by atoms with Gasteiger partial charge in [-0.1, -0.05) is 30.3 Å². The maximum atomic E-state index is 15.8. The third-order valence-electron chi connectivity index (χ3n) is 8.71. The Balaban J connectivity index is 1.54. The number of aryl methyl sites for hydroxylation is 3. The lowest BCUT2D eigenvalue weighted by atomic mass is 10.0. The molecule has 1 aliphatic rings. The summed E-state index contributed by atoms with van der Waals surface area (Å²) in [4.78, 5) is 40.9. The molecule has 258 valence electrons. The highest BCUT2D eigenvalue weighted by Crippen LogP contribution is 2.38. The van der Waals surface area contributed by atoms with E-state index in [4.69, 9.17) is 9.47 Å². The average molecular weight is 670 g/mol. The molecule has 5 rings (SSSR count). The fourth-order valence-electron chi connectivity index (χ4n) is 5.83. The Labute approximate surface area is 287 Å². The number of para-hydroxylation sites is 2. The predicted molar refractivity (Wildman–Crippen MR) is 190 cm³/mol. The second-order valence-electron chi connectivity index (χ2n) is 12.2. The Bertz CT molecular complexity index is 1740. The number of likely N-dealkylation sites (N-methyl/N-ethyl adjacent to an activating group) is 1. The van der Waals surface area contributed by atoms with Crippen molar-refractivity contribution in [3.8, 4) is 5.75 Å². The fourth-order valence-corrected chi connectivity index (χ4v) is 5.83. The first-order valence-corrected chi connectivity index (χ1v) is 16.4. The smallest absolute Gasteiger partial charge is 0.409 e. The largest absolute Gasteiger partial charge is 0.425 e. The van der Waals surface area contributed by atoms with Crippen LogP contribution in [0.1, 0.15) is 30.0 Å². The number of carbonyl (C=O) groups excluding carboxylic acids is 2. The fraction of sp³-hybridized carbons (Fsp3) is 0.351. The van der Waals surface area contributed by atoms with E-state index in [0.717, 1.165) is 36.3 Å². The number of carbonyl (C=O) groups is 2. The Morgan fingerprint density at radius 3 is 2.53 bits per heavy atom. The Morgan fingerprint density at radius 1 is 1.06 bits per heavy atom. The van der Waals surface area contributed by atoms with Crippen LogP contribution in [-0.4, -0.2) is 79.9 Å². The summed E-state index contributed by atoms with van der Waals surface area (Å²) >= 11 is 0. The normalized spacial score (nSPS) is 14.7. The molecular formula is C37H44FN7O4. The lowest BCUT2D eigenvalue weighted by Crippen LogP contribution is -2.50. The molecule has 1 aliphatic heterocycles. The second-order valence-corrected chi connectivity index (χ2v) is 12.2. The molecule has 11 nitrogen and oxygen atoms in total. The number of ether oxygens (including phenoxy) is 2. The van der Waals surface area contributed by atoms with Crippen LogP contribution in [0.15, 0.2) is 73.2 Å².